The van der Waals surface area contributed by atoms with Crippen molar-refractivity contribution >= 4 is 11.8 Å². The highest BCUT2D eigenvalue weighted by atomic mass is 16.5. The highest BCUT2D eigenvalue weighted by Crippen LogP contribution is 2.37. The first-order valence-electron chi connectivity index (χ1n) is 7.25. The number of benzene rings is 2. The summed E-state index contributed by atoms with van der Waals surface area (Å²) >= 11 is 0. The molecule has 2 aromatic rings. The minimum Gasteiger partial charge on any atom is -0.496 e. The van der Waals surface area contributed by atoms with E-state index in [9.17, 15) is 9.59 Å². The monoisotopic (exact) mass is 295 g/mol. The number of nitrogens with zero attached hydrogens (tertiary/aromatic N) is 1. The number of hydrogen-bond acceptors (Lipinski definition) is 3. The lowest BCUT2D eigenvalue weighted by molar-refractivity contribution is -0.140. The Morgan fingerprint density at radius 3 is 2.14 bits per heavy atom. The van der Waals surface area contributed by atoms with Gasteiger partial charge in [0.2, 0.25) is 11.8 Å². The first-order chi connectivity index (χ1) is 10.7. The van der Waals surface area contributed by atoms with Gasteiger partial charge >= 0.3 is 0 Å². The van der Waals surface area contributed by atoms with Crippen molar-refractivity contribution in [1.82, 2.24) is 4.90 Å². The summed E-state index contributed by atoms with van der Waals surface area (Å²) in [5, 5.41) is 0. The van der Waals surface area contributed by atoms with E-state index in [1.54, 1.807) is 7.11 Å². The van der Waals surface area contributed by atoms with Crippen molar-refractivity contribution in [2.24, 2.45) is 0 Å². The van der Waals surface area contributed by atoms with E-state index >= 15 is 0 Å². The molecule has 1 saturated heterocycles. The van der Waals surface area contributed by atoms with Crippen molar-refractivity contribution < 1.29 is 14.3 Å². The number of methoxy groups -OCH3 is 1. The van der Waals surface area contributed by atoms with E-state index in [1.807, 2.05) is 54.6 Å². The second kappa shape index (κ2) is 6.02. The second-order valence-electron chi connectivity index (χ2n) is 5.21. The quantitative estimate of drug-likeness (QED) is 0.815. The molecule has 0 aromatic heterocycles. The smallest absolute Gasteiger partial charge is 0.230 e. The molecule has 4 nitrogen and oxygen atoms in total. The Bertz CT molecular complexity index is 680. The maximum atomic E-state index is 12.2. The van der Waals surface area contributed by atoms with E-state index in [2.05, 4.69) is 0 Å². The van der Waals surface area contributed by atoms with Crippen molar-refractivity contribution in [3.8, 4) is 5.75 Å². The lowest BCUT2D eigenvalue weighted by Gasteiger charge is -2.28. The molecular formula is C18H17NO3. The number of ether oxygens (including phenoxy) is 1. The predicted molar refractivity (Wildman–Crippen MR) is 82.4 cm³/mol. The fraction of sp³-hybridized carbons (Fsp3) is 0.222. The highest BCUT2D eigenvalue weighted by Gasteiger charge is 2.37. The van der Waals surface area contributed by atoms with Gasteiger partial charge in [0.1, 0.15) is 5.75 Å². The molecule has 1 unspecified atom stereocenters. The first-order valence-corrected chi connectivity index (χ1v) is 7.25. The molecule has 4 heteroatoms. The van der Waals surface area contributed by atoms with Crippen molar-refractivity contribution in [2.75, 3.05) is 7.11 Å². The predicted octanol–water partition coefficient (Wildman–Crippen LogP) is 2.93. The maximum Gasteiger partial charge on any atom is 0.230 e. The van der Waals surface area contributed by atoms with Gasteiger partial charge in [-0.1, -0.05) is 48.5 Å². The zero-order valence-electron chi connectivity index (χ0n) is 12.4. The molecule has 0 aliphatic carbocycles. The molecule has 0 saturated carbocycles. The van der Waals surface area contributed by atoms with Crippen LogP contribution in [0.5, 0.6) is 5.75 Å². The van der Waals surface area contributed by atoms with E-state index in [4.69, 9.17) is 4.74 Å². The van der Waals surface area contributed by atoms with Gasteiger partial charge in [0.05, 0.1) is 13.2 Å². The number of carbonyl (C=O) groups excluding carboxylic acids is 2. The summed E-state index contributed by atoms with van der Waals surface area (Å²) in [6, 6.07) is 16.6. The van der Waals surface area contributed by atoms with Gasteiger partial charge in [-0.05, 0) is 11.6 Å². The van der Waals surface area contributed by atoms with Crippen molar-refractivity contribution in [3.05, 3.63) is 65.7 Å². The number of para-hydroxylation sites is 1. The van der Waals surface area contributed by atoms with Crippen LogP contribution in [-0.2, 0) is 9.59 Å². The number of amides is 2. The topological polar surface area (TPSA) is 46.6 Å². The average molecular weight is 295 g/mol. The molecule has 2 amide bonds. The zero-order valence-corrected chi connectivity index (χ0v) is 12.4. The van der Waals surface area contributed by atoms with E-state index < -0.39 is 6.04 Å². The van der Waals surface area contributed by atoms with E-state index in [0.29, 0.717) is 5.75 Å². The van der Waals surface area contributed by atoms with Gasteiger partial charge in [-0.25, -0.2) is 0 Å². The summed E-state index contributed by atoms with van der Waals surface area (Å²) in [7, 11) is 1.59. The summed E-state index contributed by atoms with van der Waals surface area (Å²) in [5.74, 6) is 0.401. The molecule has 0 spiro atoms. The number of likely N-dealkylation sites (tertiary alicyclic amines) is 1. The molecule has 112 valence electrons. The normalized spacial score (nSPS) is 16.0. The number of rotatable bonds is 4. The molecule has 1 fully saturated rings. The number of carbonyl (C=O) groups is 2. The molecule has 2 aromatic carbocycles. The summed E-state index contributed by atoms with van der Waals surface area (Å²) < 4.78 is 5.43. The Kier molecular flexibility index (Phi) is 3.92. The summed E-state index contributed by atoms with van der Waals surface area (Å²) in [5.41, 5.74) is 1.72. The highest BCUT2D eigenvalue weighted by molar-refractivity contribution is 6.02. The minimum absolute atomic E-state index is 0.134. The zero-order chi connectivity index (χ0) is 15.5. The molecule has 1 aliphatic heterocycles. The third kappa shape index (κ3) is 2.48. The SMILES string of the molecule is COc1ccccc1C(c1ccccc1)N1C(=O)CCC1=O. The van der Waals surface area contributed by atoms with Crippen molar-refractivity contribution in [3.63, 3.8) is 0 Å². The summed E-state index contributed by atoms with van der Waals surface area (Å²) in [6.45, 7) is 0. The largest absolute Gasteiger partial charge is 0.496 e. The van der Waals surface area contributed by atoms with Gasteiger partial charge in [0.25, 0.3) is 0 Å². The Balaban J connectivity index is 2.15. The second-order valence-corrected chi connectivity index (χ2v) is 5.21. The molecule has 1 aliphatic rings. The lowest BCUT2D eigenvalue weighted by atomic mass is 9.96. The van der Waals surface area contributed by atoms with Crippen LogP contribution >= 0.6 is 0 Å². The van der Waals surface area contributed by atoms with Crippen LogP contribution in [-0.4, -0.2) is 23.8 Å². The van der Waals surface area contributed by atoms with Crippen LogP contribution in [0.2, 0.25) is 0 Å². The molecule has 1 heterocycles. The fourth-order valence-corrected chi connectivity index (χ4v) is 2.88. The number of hydrogen-bond donors (Lipinski definition) is 0. The van der Waals surface area contributed by atoms with E-state index in [-0.39, 0.29) is 24.7 Å². The Morgan fingerprint density at radius 1 is 0.909 bits per heavy atom. The fourth-order valence-electron chi connectivity index (χ4n) is 2.88. The molecular weight excluding hydrogens is 278 g/mol. The minimum atomic E-state index is -0.445. The summed E-state index contributed by atoms with van der Waals surface area (Å²) in [4.78, 5) is 25.8. The van der Waals surface area contributed by atoms with Gasteiger partial charge in [-0.15, -0.1) is 0 Å². The van der Waals surface area contributed by atoms with E-state index in [0.717, 1.165) is 11.1 Å². The van der Waals surface area contributed by atoms with Crippen molar-refractivity contribution in [2.45, 2.75) is 18.9 Å². The van der Waals surface area contributed by atoms with Gasteiger partial charge in [-0.3, -0.25) is 14.5 Å². The van der Waals surface area contributed by atoms with Crippen molar-refractivity contribution in [1.29, 1.82) is 0 Å². The standard InChI is InChI=1S/C18H17NO3/c1-22-15-10-6-5-9-14(15)18(13-7-3-2-4-8-13)19-16(20)11-12-17(19)21/h2-10,18H,11-12H2,1H3. The van der Waals surface area contributed by atoms with Crippen LogP contribution in [0.15, 0.2) is 54.6 Å². The third-order valence-electron chi connectivity index (χ3n) is 3.90. The third-order valence-corrected chi connectivity index (χ3v) is 3.90. The van der Waals surface area contributed by atoms with Crippen LogP contribution < -0.4 is 4.74 Å². The molecule has 0 radical (unpaired) electrons. The lowest BCUT2D eigenvalue weighted by Crippen LogP contribution is -2.34. The Hall–Kier alpha value is -2.62. The Morgan fingerprint density at radius 2 is 1.50 bits per heavy atom. The number of imide groups is 1. The van der Waals surface area contributed by atoms with Gasteiger partial charge in [0.15, 0.2) is 0 Å². The van der Waals surface area contributed by atoms with Crippen LogP contribution in [0.1, 0.15) is 30.0 Å². The van der Waals surface area contributed by atoms with Crippen LogP contribution in [0.3, 0.4) is 0 Å². The maximum absolute atomic E-state index is 12.2. The molecule has 0 N–H and O–H groups in total. The molecule has 22 heavy (non-hydrogen) atoms. The molecule has 1 atom stereocenters. The van der Waals surface area contributed by atoms with Crippen LogP contribution in [0.4, 0.5) is 0 Å². The first kappa shape index (κ1) is 14.3. The van der Waals surface area contributed by atoms with Gasteiger partial charge < -0.3 is 4.74 Å². The summed E-state index contributed by atoms with van der Waals surface area (Å²) in [6.07, 6.45) is 0.550. The Labute approximate surface area is 129 Å². The average Bonchev–Trinajstić information content (AvgIpc) is 2.89. The van der Waals surface area contributed by atoms with E-state index in [1.165, 1.54) is 4.90 Å². The van der Waals surface area contributed by atoms with Crippen LogP contribution in [0.25, 0.3) is 0 Å². The molecule has 3 rings (SSSR count). The van der Waals surface area contributed by atoms with Crippen LogP contribution in [0, 0.1) is 0 Å². The van der Waals surface area contributed by atoms with Gasteiger partial charge in [-0.2, -0.15) is 0 Å². The van der Waals surface area contributed by atoms with Gasteiger partial charge in [0, 0.05) is 18.4 Å². The molecule has 0 bridgehead atoms.